The zero-order valence-electron chi connectivity index (χ0n) is 10.3. The van der Waals surface area contributed by atoms with Crippen LogP contribution >= 0.6 is 0 Å². The maximum atomic E-state index is 5.11. The monoisotopic (exact) mass is 223 g/mol. The van der Waals surface area contributed by atoms with Gasteiger partial charge in [0.1, 0.15) is 5.82 Å². The molecule has 4 nitrogen and oxygen atoms in total. The number of aromatic nitrogens is 2. The van der Waals surface area contributed by atoms with Gasteiger partial charge in [-0.25, -0.2) is 9.97 Å². The van der Waals surface area contributed by atoms with Crippen LogP contribution in [0.4, 0.5) is 0 Å². The van der Waals surface area contributed by atoms with E-state index < -0.39 is 0 Å². The lowest BCUT2D eigenvalue weighted by molar-refractivity contribution is 0.169. The summed E-state index contributed by atoms with van der Waals surface area (Å²) in [5.74, 6) is 1.33. The molecule has 1 aromatic heterocycles. The molecule has 1 aromatic rings. The molecule has 0 saturated heterocycles. The number of ether oxygens (including phenoxy) is 1. The van der Waals surface area contributed by atoms with Crippen LogP contribution in [0, 0.1) is 5.92 Å². The van der Waals surface area contributed by atoms with Crippen LogP contribution in [0.25, 0.3) is 0 Å². The molecule has 0 aliphatic heterocycles. The second kappa shape index (κ2) is 7.30. The standard InChI is InChI=1S/C12H21N3O/c1-4-13-11(10(2)6-9-16-3)12-14-7-5-8-15-12/h5,7-8,10-11,13H,4,6,9H2,1-3H3. The Balaban J connectivity index is 2.66. The first-order valence-corrected chi connectivity index (χ1v) is 5.78. The van der Waals surface area contributed by atoms with E-state index in [4.69, 9.17) is 4.74 Å². The van der Waals surface area contributed by atoms with E-state index in [1.54, 1.807) is 19.5 Å². The van der Waals surface area contributed by atoms with Crippen LogP contribution in [-0.4, -0.2) is 30.2 Å². The highest BCUT2D eigenvalue weighted by atomic mass is 16.5. The summed E-state index contributed by atoms with van der Waals surface area (Å²) in [5, 5.41) is 3.43. The Morgan fingerprint density at radius 2 is 2.06 bits per heavy atom. The number of nitrogens with zero attached hydrogens (tertiary/aromatic N) is 2. The summed E-state index contributed by atoms with van der Waals surface area (Å²) in [5.41, 5.74) is 0. The predicted molar refractivity (Wildman–Crippen MR) is 64.1 cm³/mol. The average molecular weight is 223 g/mol. The molecule has 2 unspecified atom stereocenters. The summed E-state index contributed by atoms with van der Waals surface area (Å²) in [7, 11) is 1.73. The molecule has 1 heterocycles. The second-order valence-corrected chi connectivity index (χ2v) is 3.90. The molecular formula is C12H21N3O. The maximum Gasteiger partial charge on any atom is 0.145 e. The first-order chi connectivity index (χ1) is 7.79. The van der Waals surface area contributed by atoms with Crippen molar-refractivity contribution in [3.05, 3.63) is 24.3 Å². The highest BCUT2D eigenvalue weighted by molar-refractivity contribution is 4.97. The van der Waals surface area contributed by atoms with E-state index in [0.29, 0.717) is 5.92 Å². The number of rotatable bonds is 7. The van der Waals surface area contributed by atoms with E-state index in [2.05, 4.69) is 29.1 Å². The fourth-order valence-corrected chi connectivity index (χ4v) is 1.71. The van der Waals surface area contributed by atoms with E-state index in [9.17, 15) is 0 Å². The minimum Gasteiger partial charge on any atom is -0.385 e. The first kappa shape index (κ1) is 13.1. The molecule has 0 amide bonds. The van der Waals surface area contributed by atoms with Crippen molar-refractivity contribution >= 4 is 0 Å². The molecule has 90 valence electrons. The highest BCUT2D eigenvalue weighted by Gasteiger charge is 2.20. The molecule has 0 aliphatic rings. The molecule has 0 spiro atoms. The van der Waals surface area contributed by atoms with Gasteiger partial charge < -0.3 is 10.1 Å². The molecule has 0 radical (unpaired) electrons. The minimum absolute atomic E-state index is 0.210. The van der Waals surface area contributed by atoms with Crippen molar-refractivity contribution in [1.82, 2.24) is 15.3 Å². The molecule has 0 aliphatic carbocycles. The number of hydrogen-bond acceptors (Lipinski definition) is 4. The molecule has 1 N–H and O–H groups in total. The van der Waals surface area contributed by atoms with Crippen LogP contribution in [0.15, 0.2) is 18.5 Å². The van der Waals surface area contributed by atoms with E-state index >= 15 is 0 Å². The van der Waals surface area contributed by atoms with Gasteiger partial charge in [-0.2, -0.15) is 0 Å². The normalized spacial score (nSPS) is 14.7. The van der Waals surface area contributed by atoms with E-state index in [1.807, 2.05) is 6.07 Å². The van der Waals surface area contributed by atoms with Gasteiger partial charge in [-0.05, 0) is 24.9 Å². The predicted octanol–water partition coefficient (Wildman–Crippen LogP) is 1.80. The third-order valence-corrected chi connectivity index (χ3v) is 2.63. The zero-order valence-corrected chi connectivity index (χ0v) is 10.3. The third kappa shape index (κ3) is 3.87. The fourth-order valence-electron chi connectivity index (χ4n) is 1.71. The fraction of sp³-hybridized carbons (Fsp3) is 0.667. The van der Waals surface area contributed by atoms with Crippen molar-refractivity contribution in [2.24, 2.45) is 5.92 Å². The van der Waals surface area contributed by atoms with Gasteiger partial charge in [0.25, 0.3) is 0 Å². The van der Waals surface area contributed by atoms with Crippen LogP contribution < -0.4 is 5.32 Å². The lowest BCUT2D eigenvalue weighted by atomic mass is 9.98. The Bertz CT molecular complexity index is 279. The maximum absolute atomic E-state index is 5.11. The minimum atomic E-state index is 0.210. The summed E-state index contributed by atoms with van der Waals surface area (Å²) in [6, 6.07) is 2.05. The Labute approximate surface area is 97.5 Å². The second-order valence-electron chi connectivity index (χ2n) is 3.90. The van der Waals surface area contributed by atoms with Crippen molar-refractivity contribution in [2.45, 2.75) is 26.3 Å². The molecule has 16 heavy (non-hydrogen) atoms. The summed E-state index contributed by atoms with van der Waals surface area (Å²) in [6.07, 6.45) is 4.58. The van der Waals surface area contributed by atoms with Crippen molar-refractivity contribution in [3.63, 3.8) is 0 Å². The largest absolute Gasteiger partial charge is 0.385 e. The van der Waals surface area contributed by atoms with Crippen molar-refractivity contribution < 1.29 is 4.74 Å². The third-order valence-electron chi connectivity index (χ3n) is 2.63. The topological polar surface area (TPSA) is 47.0 Å². The van der Waals surface area contributed by atoms with Gasteiger partial charge >= 0.3 is 0 Å². The Morgan fingerprint density at radius 1 is 1.38 bits per heavy atom. The van der Waals surface area contributed by atoms with E-state index in [1.165, 1.54) is 0 Å². The lowest BCUT2D eigenvalue weighted by Gasteiger charge is -2.23. The highest BCUT2D eigenvalue weighted by Crippen LogP contribution is 2.21. The summed E-state index contributed by atoms with van der Waals surface area (Å²) >= 11 is 0. The zero-order chi connectivity index (χ0) is 11.8. The first-order valence-electron chi connectivity index (χ1n) is 5.78. The summed E-state index contributed by atoms with van der Waals surface area (Å²) in [4.78, 5) is 8.62. The Kier molecular flexibility index (Phi) is 5.96. The molecule has 1 rings (SSSR count). The van der Waals surface area contributed by atoms with Gasteiger partial charge in [0.05, 0.1) is 6.04 Å². The number of methoxy groups -OCH3 is 1. The van der Waals surface area contributed by atoms with Gasteiger partial charge in [-0.3, -0.25) is 0 Å². The van der Waals surface area contributed by atoms with Crippen molar-refractivity contribution in [1.29, 1.82) is 0 Å². The van der Waals surface area contributed by atoms with E-state index in [0.717, 1.165) is 25.4 Å². The smallest absolute Gasteiger partial charge is 0.145 e. The van der Waals surface area contributed by atoms with Crippen LogP contribution in [0.5, 0.6) is 0 Å². The Hall–Kier alpha value is -1.00. The van der Waals surface area contributed by atoms with E-state index in [-0.39, 0.29) is 6.04 Å². The van der Waals surface area contributed by atoms with Crippen molar-refractivity contribution in [2.75, 3.05) is 20.3 Å². The molecule has 0 bridgehead atoms. The summed E-state index contributed by atoms with van der Waals surface area (Å²) < 4.78 is 5.11. The number of nitrogens with one attached hydrogen (secondary N) is 1. The average Bonchev–Trinajstić information content (AvgIpc) is 2.34. The molecule has 0 aromatic carbocycles. The summed E-state index contributed by atoms with van der Waals surface area (Å²) in [6.45, 7) is 5.98. The van der Waals surface area contributed by atoms with Crippen LogP contribution in [0.2, 0.25) is 0 Å². The molecule has 4 heteroatoms. The van der Waals surface area contributed by atoms with Crippen LogP contribution in [-0.2, 0) is 4.74 Å². The molecule has 2 atom stereocenters. The SMILES string of the molecule is CCNC(c1ncccn1)C(C)CCOC. The molecular weight excluding hydrogens is 202 g/mol. The van der Waals surface area contributed by atoms with Crippen molar-refractivity contribution in [3.8, 4) is 0 Å². The van der Waals surface area contributed by atoms with Gasteiger partial charge in [0.15, 0.2) is 0 Å². The van der Waals surface area contributed by atoms with Gasteiger partial charge in [-0.1, -0.05) is 13.8 Å². The molecule has 0 fully saturated rings. The van der Waals surface area contributed by atoms with Gasteiger partial charge in [0, 0.05) is 26.1 Å². The lowest BCUT2D eigenvalue weighted by Crippen LogP contribution is -2.29. The molecule has 0 saturated carbocycles. The quantitative estimate of drug-likeness (QED) is 0.765. The van der Waals surface area contributed by atoms with Crippen LogP contribution in [0.1, 0.15) is 32.1 Å². The van der Waals surface area contributed by atoms with Gasteiger partial charge in [-0.15, -0.1) is 0 Å². The Morgan fingerprint density at radius 3 is 2.62 bits per heavy atom. The number of hydrogen-bond donors (Lipinski definition) is 1. The van der Waals surface area contributed by atoms with Crippen LogP contribution in [0.3, 0.4) is 0 Å². The van der Waals surface area contributed by atoms with Gasteiger partial charge in [0.2, 0.25) is 0 Å².